The third-order valence-electron chi connectivity index (χ3n) is 3.80. The molecule has 28 heavy (non-hydrogen) atoms. The summed E-state index contributed by atoms with van der Waals surface area (Å²) in [4.78, 5) is 17.0. The Morgan fingerprint density at radius 2 is 2.04 bits per heavy atom. The van der Waals surface area contributed by atoms with Crippen molar-refractivity contribution in [3.8, 4) is 5.75 Å². The minimum absolute atomic E-state index is 0.284. The highest BCUT2D eigenvalue weighted by Crippen LogP contribution is 2.24. The SMILES string of the molecule is Cc1nc(C)c(C(=O)N/N=C/c2ccccc2OCc2ccc(Cl)cc2Cl)s1. The van der Waals surface area contributed by atoms with Crippen molar-refractivity contribution in [2.75, 3.05) is 0 Å². The number of carbonyl (C=O) groups is 1. The highest BCUT2D eigenvalue weighted by atomic mass is 35.5. The van der Waals surface area contributed by atoms with Crippen LogP contribution in [-0.4, -0.2) is 17.1 Å². The standard InChI is InChI=1S/C20H17Cl2N3O2S/c1-12-19(28-13(2)24-12)20(26)25-23-10-14-5-3-4-6-18(14)27-11-15-7-8-16(21)9-17(15)22/h3-10H,11H2,1-2H3,(H,25,26)/b23-10+. The molecule has 0 unspecified atom stereocenters. The predicted octanol–water partition coefficient (Wildman–Crippen LogP) is 5.41. The van der Waals surface area contributed by atoms with Gasteiger partial charge in [-0.1, -0.05) is 41.4 Å². The van der Waals surface area contributed by atoms with Gasteiger partial charge in [0.15, 0.2) is 0 Å². The number of amides is 1. The summed E-state index contributed by atoms with van der Waals surface area (Å²) in [5, 5.41) is 6.00. The van der Waals surface area contributed by atoms with Gasteiger partial charge in [-0.15, -0.1) is 11.3 Å². The second kappa shape index (κ2) is 9.19. The maximum Gasteiger partial charge on any atom is 0.283 e. The first-order valence-electron chi connectivity index (χ1n) is 8.37. The second-order valence-electron chi connectivity index (χ2n) is 5.91. The molecule has 1 N–H and O–H groups in total. The molecule has 0 saturated carbocycles. The number of rotatable bonds is 6. The molecule has 0 radical (unpaired) electrons. The zero-order valence-electron chi connectivity index (χ0n) is 15.2. The number of ether oxygens (including phenoxy) is 1. The number of carbonyl (C=O) groups excluding carboxylic acids is 1. The molecule has 5 nitrogen and oxygen atoms in total. The molecule has 0 aliphatic heterocycles. The molecule has 1 aromatic heterocycles. The molecule has 8 heteroatoms. The first-order valence-corrected chi connectivity index (χ1v) is 9.94. The molecule has 0 fully saturated rings. The van der Waals surface area contributed by atoms with Gasteiger partial charge >= 0.3 is 0 Å². The van der Waals surface area contributed by atoms with Crippen molar-refractivity contribution in [2.45, 2.75) is 20.5 Å². The molecule has 0 aliphatic carbocycles. The van der Waals surface area contributed by atoms with Gasteiger partial charge in [-0.3, -0.25) is 4.79 Å². The number of hydrogen-bond acceptors (Lipinski definition) is 5. The molecule has 0 aliphatic rings. The van der Waals surface area contributed by atoms with Crippen molar-refractivity contribution in [3.63, 3.8) is 0 Å². The van der Waals surface area contributed by atoms with Crippen LogP contribution in [0.25, 0.3) is 0 Å². The van der Waals surface area contributed by atoms with Crippen LogP contribution in [0.5, 0.6) is 5.75 Å². The lowest BCUT2D eigenvalue weighted by Crippen LogP contribution is -2.17. The monoisotopic (exact) mass is 433 g/mol. The highest BCUT2D eigenvalue weighted by Gasteiger charge is 2.13. The summed E-state index contributed by atoms with van der Waals surface area (Å²) < 4.78 is 5.87. The summed E-state index contributed by atoms with van der Waals surface area (Å²) in [6, 6.07) is 12.6. The number of para-hydroxylation sites is 1. The van der Waals surface area contributed by atoms with Gasteiger partial charge in [0.25, 0.3) is 5.91 Å². The number of hydrogen-bond donors (Lipinski definition) is 1. The van der Waals surface area contributed by atoms with Crippen molar-refractivity contribution in [1.29, 1.82) is 0 Å². The Hall–Kier alpha value is -2.41. The predicted molar refractivity (Wildman–Crippen MR) is 114 cm³/mol. The van der Waals surface area contributed by atoms with Gasteiger partial charge in [0.1, 0.15) is 17.2 Å². The fraction of sp³-hybridized carbons (Fsp3) is 0.150. The molecular formula is C20H17Cl2N3O2S. The molecular weight excluding hydrogens is 417 g/mol. The van der Waals surface area contributed by atoms with Gasteiger partial charge in [-0.25, -0.2) is 10.4 Å². The van der Waals surface area contributed by atoms with E-state index in [9.17, 15) is 4.79 Å². The number of nitrogens with one attached hydrogen (secondary N) is 1. The average Bonchev–Trinajstić information content (AvgIpc) is 3.00. The highest BCUT2D eigenvalue weighted by molar-refractivity contribution is 7.13. The molecule has 0 saturated heterocycles. The van der Waals surface area contributed by atoms with E-state index < -0.39 is 0 Å². The maximum absolute atomic E-state index is 12.2. The molecule has 3 rings (SSSR count). The Bertz CT molecular complexity index is 1030. The summed E-state index contributed by atoms with van der Waals surface area (Å²) in [5.74, 6) is 0.335. The number of nitrogens with zero attached hydrogens (tertiary/aromatic N) is 2. The molecule has 3 aromatic rings. The van der Waals surface area contributed by atoms with E-state index in [0.29, 0.717) is 26.4 Å². The third kappa shape index (κ3) is 5.10. The van der Waals surface area contributed by atoms with Crippen molar-refractivity contribution in [2.24, 2.45) is 5.10 Å². The Morgan fingerprint density at radius 1 is 1.25 bits per heavy atom. The van der Waals surface area contributed by atoms with Crippen LogP contribution in [-0.2, 0) is 6.61 Å². The van der Waals surface area contributed by atoms with E-state index in [1.54, 1.807) is 25.3 Å². The topological polar surface area (TPSA) is 63.6 Å². The molecule has 0 spiro atoms. The summed E-state index contributed by atoms with van der Waals surface area (Å²) in [7, 11) is 0. The van der Waals surface area contributed by atoms with Crippen molar-refractivity contribution < 1.29 is 9.53 Å². The smallest absolute Gasteiger partial charge is 0.283 e. The number of aromatic nitrogens is 1. The van der Waals surface area contributed by atoms with Crippen LogP contribution in [0.3, 0.4) is 0 Å². The van der Waals surface area contributed by atoms with Crippen LogP contribution in [0.2, 0.25) is 10.0 Å². The van der Waals surface area contributed by atoms with Crippen LogP contribution in [0.1, 0.15) is 31.5 Å². The molecule has 1 heterocycles. The minimum Gasteiger partial charge on any atom is -0.488 e. The van der Waals surface area contributed by atoms with E-state index in [-0.39, 0.29) is 12.5 Å². The Balaban J connectivity index is 1.67. The Morgan fingerprint density at radius 3 is 2.75 bits per heavy atom. The van der Waals surface area contributed by atoms with E-state index in [4.69, 9.17) is 27.9 Å². The maximum atomic E-state index is 12.2. The Labute approximate surface area is 177 Å². The number of halogens is 2. The van der Waals surface area contributed by atoms with E-state index in [0.717, 1.165) is 16.1 Å². The number of hydrazone groups is 1. The van der Waals surface area contributed by atoms with Gasteiger partial charge in [0.2, 0.25) is 0 Å². The fourth-order valence-corrected chi connectivity index (χ4v) is 3.74. The van der Waals surface area contributed by atoms with Crippen LogP contribution >= 0.6 is 34.5 Å². The lowest BCUT2D eigenvalue weighted by molar-refractivity contribution is 0.0958. The summed E-state index contributed by atoms with van der Waals surface area (Å²) in [6.45, 7) is 3.94. The van der Waals surface area contributed by atoms with E-state index >= 15 is 0 Å². The number of benzene rings is 2. The van der Waals surface area contributed by atoms with E-state index in [1.807, 2.05) is 37.3 Å². The quantitative estimate of drug-likeness (QED) is 0.417. The van der Waals surface area contributed by atoms with Gasteiger partial charge < -0.3 is 4.74 Å². The second-order valence-corrected chi connectivity index (χ2v) is 7.96. The lowest BCUT2D eigenvalue weighted by atomic mass is 10.2. The van der Waals surface area contributed by atoms with Crippen molar-refractivity contribution in [3.05, 3.63) is 79.2 Å². The summed E-state index contributed by atoms with van der Waals surface area (Å²) >= 11 is 13.4. The first-order chi connectivity index (χ1) is 13.4. The largest absolute Gasteiger partial charge is 0.488 e. The lowest BCUT2D eigenvalue weighted by Gasteiger charge is -2.10. The summed E-state index contributed by atoms with van der Waals surface area (Å²) in [5.41, 5.74) is 4.77. The molecule has 2 aromatic carbocycles. The van der Waals surface area contributed by atoms with Gasteiger partial charge in [0, 0.05) is 21.2 Å². The van der Waals surface area contributed by atoms with Crippen molar-refractivity contribution in [1.82, 2.24) is 10.4 Å². The van der Waals surface area contributed by atoms with E-state index in [2.05, 4.69) is 15.5 Å². The van der Waals surface area contributed by atoms with Crippen LogP contribution in [0.15, 0.2) is 47.6 Å². The first kappa shape index (κ1) is 20.3. The number of aryl methyl sites for hydroxylation is 2. The van der Waals surface area contributed by atoms with Crippen LogP contribution in [0.4, 0.5) is 0 Å². The zero-order valence-corrected chi connectivity index (χ0v) is 17.5. The molecule has 0 atom stereocenters. The fourth-order valence-electron chi connectivity index (χ4n) is 2.47. The van der Waals surface area contributed by atoms with Gasteiger partial charge in [-0.05, 0) is 38.1 Å². The van der Waals surface area contributed by atoms with Crippen LogP contribution in [0, 0.1) is 13.8 Å². The van der Waals surface area contributed by atoms with Gasteiger partial charge in [0.05, 0.1) is 16.9 Å². The van der Waals surface area contributed by atoms with Crippen LogP contribution < -0.4 is 10.2 Å². The number of thiazole rings is 1. The van der Waals surface area contributed by atoms with E-state index in [1.165, 1.54) is 11.3 Å². The van der Waals surface area contributed by atoms with Crippen molar-refractivity contribution >= 4 is 46.7 Å². The minimum atomic E-state index is -0.286. The Kier molecular flexibility index (Phi) is 6.67. The molecule has 144 valence electrons. The summed E-state index contributed by atoms with van der Waals surface area (Å²) in [6.07, 6.45) is 1.54. The molecule has 1 amide bonds. The normalized spacial score (nSPS) is 11.0. The third-order valence-corrected chi connectivity index (χ3v) is 5.46. The van der Waals surface area contributed by atoms with Gasteiger partial charge in [-0.2, -0.15) is 5.10 Å². The zero-order chi connectivity index (χ0) is 20.1. The molecule has 0 bridgehead atoms. The average molecular weight is 434 g/mol.